The predicted octanol–water partition coefficient (Wildman–Crippen LogP) is 0.618. The van der Waals surface area contributed by atoms with Crippen molar-refractivity contribution in [3.05, 3.63) is 18.0 Å². The lowest BCUT2D eigenvalue weighted by Gasteiger charge is -2.31. The number of nitrogens with zero attached hydrogens (tertiary/aromatic N) is 3. The molecule has 1 fully saturated rings. The minimum Gasteiger partial charge on any atom is -0.469 e. The van der Waals surface area contributed by atoms with Crippen LogP contribution in [0, 0.1) is 0 Å². The van der Waals surface area contributed by atoms with E-state index in [0.29, 0.717) is 18.9 Å². The van der Waals surface area contributed by atoms with E-state index < -0.39 is 0 Å². The summed E-state index contributed by atoms with van der Waals surface area (Å²) in [4.78, 5) is 13.4. The first-order chi connectivity index (χ1) is 9.74. The van der Waals surface area contributed by atoms with Crippen LogP contribution in [0.25, 0.3) is 0 Å². The standard InChI is InChI=1S/C14H23N3O3/c1-20-14(19)5-9-16-7-3-12(4-8-16)13-2-6-15-17(13)10-11-18/h2,6,12,18H,3-5,7-11H2,1H3. The van der Waals surface area contributed by atoms with Crippen molar-refractivity contribution in [1.29, 1.82) is 0 Å². The molecule has 1 aromatic heterocycles. The molecule has 0 unspecified atom stereocenters. The van der Waals surface area contributed by atoms with Crippen molar-refractivity contribution in [2.75, 3.05) is 33.4 Å². The van der Waals surface area contributed by atoms with Gasteiger partial charge in [-0.25, -0.2) is 0 Å². The van der Waals surface area contributed by atoms with Crippen LogP contribution in [-0.2, 0) is 16.1 Å². The molecular weight excluding hydrogens is 258 g/mol. The minimum absolute atomic E-state index is 0.118. The second-order valence-electron chi connectivity index (χ2n) is 5.14. The third kappa shape index (κ3) is 3.80. The Morgan fingerprint density at radius 2 is 2.20 bits per heavy atom. The van der Waals surface area contributed by atoms with Gasteiger partial charge in [0.1, 0.15) is 0 Å². The van der Waals surface area contributed by atoms with Gasteiger partial charge >= 0.3 is 5.97 Å². The molecule has 1 aliphatic rings. The number of carbonyl (C=O) groups excluding carboxylic acids is 1. The number of rotatable bonds is 6. The number of methoxy groups -OCH3 is 1. The highest BCUT2D eigenvalue weighted by atomic mass is 16.5. The van der Waals surface area contributed by atoms with Crippen molar-refractivity contribution in [2.45, 2.75) is 31.7 Å². The lowest BCUT2D eigenvalue weighted by Crippen LogP contribution is -2.35. The third-order valence-electron chi connectivity index (χ3n) is 3.93. The molecular formula is C14H23N3O3. The smallest absolute Gasteiger partial charge is 0.306 e. The summed E-state index contributed by atoms with van der Waals surface area (Å²) in [6.07, 6.45) is 4.40. The number of hydrogen-bond acceptors (Lipinski definition) is 5. The summed E-state index contributed by atoms with van der Waals surface area (Å²) in [5, 5.41) is 13.3. The van der Waals surface area contributed by atoms with Gasteiger partial charge < -0.3 is 14.7 Å². The Hall–Kier alpha value is -1.40. The molecule has 20 heavy (non-hydrogen) atoms. The lowest BCUT2D eigenvalue weighted by molar-refractivity contribution is -0.141. The van der Waals surface area contributed by atoms with Crippen molar-refractivity contribution in [3.63, 3.8) is 0 Å². The first kappa shape index (κ1) is 15.0. The van der Waals surface area contributed by atoms with Crippen molar-refractivity contribution in [2.24, 2.45) is 0 Å². The van der Waals surface area contributed by atoms with Crippen molar-refractivity contribution < 1.29 is 14.6 Å². The number of aromatic nitrogens is 2. The highest BCUT2D eigenvalue weighted by Crippen LogP contribution is 2.27. The molecule has 6 heteroatoms. The van der Waals surface area contributed by atoms with Crippen LogP contribution in [0.1, 0.15) is 30.9 Å². The molecule has 0 saturated carbocycles. The maximum absolute atomic E-state index is 11.1. The number of likely N-dealkylation sites (tertiary alicyclic amines) is 1. The summed E-state index contributed by atoms with van der Waals surface area (Å²) in [6.45, 7) is 3.44. The molecule has 0 aromatic carbocycles. The van der Waals surface area contributed by atoms with Gasteiger partial charge in [-0.1, -0.05) is 0 Å². The minimum atomic E-state index is -0.145. The summed E-state index contributed by atoms with van der Waals surface area (Å²) in [5.74, 6) is 0.353. The van der Waals surface area contributed by atoms with E-state index in [2.05, 4.69) is 14.7 Å². The maximum Gasteiger partial charge on any atom is 0.306 e. The summed E-state index contributed by atoms with van der Waals surface area (Å²) in [5.41, 5.74) is 1.21. The van der Waals surface area contributed by atoms with Gasteiger partial charge in [-0.3, -0.25) is 9.48 Å². The van der Waals surface area contributed by atoms with Gasteiger partial charge in [-0.15, -0.1) is 0 Å². The van der Waals surface area contributed by atoms with Crippen LogP contribution >= 0.6 is 0 Å². The number of esters is 1. The van der Waals surface area contributed by atoms with Gasteiger partial charge in [0.05, 0.1) is 26.7 Å². The van der Waals surface area contributed by atoms with Crippen LogP contribution in [0.15, 0.2) is 12.3 Å². The largest absolute Gasteiger partial charge is 0.469 e. The normalized spacial score (nSPS) is 17.3. The highest BCUT2D eigenvalue weighted by Gasteiger charge is 2.23. The van der Waals surface area contributed by atoms with E-state index in [1.54, 1.807) is 6.20 Å². The molecule has 1 N–H and O–H groups in total. The average molecular weight is 281 g/mol. The van der Waals surface area contributed by atoms with Gasteiger partial charge in [0.15, 0.2) is 0 Å². The second kappa shape index (κ2) is 7.40. The van der Waals surface area contributed by atoms with Crippen LogP contribution in [-0.4, -0.2) is 59.1 Å². The number of aliphatic hydroxyl groups excluding tert-OH is 1. The van der Waals surface area contributed by atoms with Crippen LogP contribution in [0.5, 0.6) is 0 Å². The Bertz CT molecular complexity index is 425. The van der Waals surface area contributed by atoms with Crippen LogP contribution in [0.4, 0.5) is 0 Å². The number of hydrogen-bond donors (Lipinski definition) is 1. The Morgan fingerprint density at radius 1 is 1.45 bits per heavy atom. The number of piperidine rings is 1. The zero-order valence-electron chi connectivity index (χ0n) is 12.0. The zero-order chi connectivity index (χ0) is 14.4. The maximum atomic E-state index is 11.1. The molecule has 2 rings (SSSR count). The van der Waals surface area contributed by atoms with E-state index in [0.717, 1.165) is 32.5 Å². The van der Waals surface area contributed by atoms with E-state index >= 15 is 0 Å². The topological polar surface area (TPSA) is 67.6 Å². The quantitative estimate of drug-likeness (QED) is 0.774. The Morgan fingerprint density at radius 3 is 2.85 bits per heavy atom. The third-order valence-corrected chi connectivity index (χ3v) is 3.93. The highest BCUT2D eigenvalue weighted by molar-refractivity contribution is 5.69. The molecule has 1 saturated heterocycles. The monoisotopic (exact) mass is 281 g/mol. The predicted molar refractivity (Wildman–Crippen MR) is 74.4 cm³/mol. The molecule has 112 valence electrons. The first-order valence-corrected chi connectivity index (χ1v) is 7.16. The van der Waals surface area contributed by atoms with Gasteiger partial charge in [0, 0.05) is 24.4 Å². The van der Waals surface area contributed by atoms with E-state index in [1.807, 2.05) is 10.7 Å². The van der Waals surface area contributed by atoms with Gasteiger partial charge in [-0.05, 0) is 32.0 Å². The Labute approximate surface area is 119 Å². The fraction of sp³-hybridized carbons (Fsp3) is 0.714. The van der Waals surface area contributed by atoms with Crippen LogP contribution in [0.2, 0.25) is 0 Å². The zero-order valence-corrected chi connectivity index (χ0v) is 12.0. The number of aliphatic hydroxyl groups is 1. The lowest BCUT2D eigenvalue weighted by atomic mass is 9.93. The van der Waals surface area contributed by atoms with E-state index in [1.165, 1.54) is 12.8 Å². The molecule has 0 radical (unpaired) electrons. The first-order valence-electron chi connectivity index (χ1n) is 7.16. The van der Waals surface area contributed by atoms with E-state index in [4.69, 9.17) is 5.11 Å². The van der Waals surface area contributed by atoms with Gasteiger partial charge in [0.25, 0.3) is 0 Å². The SMILES string of the molecule is COC(=O)CCN1CCC(c2ccnn2CCO)CC1. The fourth-order valence-corrected chi connectivity index (χ4v) is 2.78. The van der Waals surface area contributed by atoms with Gasteiger partial charge in [-0.2, -0.15) is 5.10 Å². The van der Waals surface area contributed by atoms with Crippen LogP contribution < -0.4 is 0 Å². The molecule has 1 aromatic rings. The van der Waals surface area contributed by atoms with Crippen LogP contribution in [0.3, 0.4) is 0 Å². The number of carbonyl (C=O) groups is 1. The van der Waals surface area contributed by atoms with E-state index in [-0.39, 0.29) is 12.6 Å². The molecule has 6 nitrogen and oxygen atoms in total. The summed E-state index contributed by atoms with van der Waals surface area (Å²) in [7, 11) is 1.43. The molecule has 0 amide bonds. The van der Waals surface area contributed by atoms with E-state index in [9.17, 15) is 4.79 Å². The average Bonchev–Trinajstić information content (AvgIpc) is 2.94. The molecule has 0 aliphatic carbocycles. The second-order valence-corrected chi connectivity index (χ2v) is 5.14. The summed E-state index contributed by atoms with van der Waals surface area (Å²) in [6, 6.07) is 2.05. The molecule has 0 bridgehead atoms. The van der Waals surface area contributed by atoms with Gasteiger partial charge in [0.2, 0.25) is 0 Å². The molecule has 0 atom stereocenters. The molecule has 1 aliphatic heterocycles. The number of ether oxygens (including phenoxy) is 1. The molecule has 2 heterocycles. The van der Waals surface area contributed by atoms with Crippen molar-refractivity contribution >= 4 is 5.97 Å². The Balaban J connectivity index is 1.81. The fourth-order valence-electron chi connectivity index (χ4n) is 2.78. The van der Waals surface area contributed by atoms with Crippen molar-refractivity contribution in [1.82, 2.24) is 14.7 Å². The summed E-state index contributed by atoms with van der Waals surface area (Å²) < 4.78 is 6.56. The molecule has 0 spiro atoms. The Kier molecular flexibility index (Phi) is 5.55. The summed E-state index contributed by atoms with van der Waals surface area (Å²) >= 11 is 0. The van der Waals surface area contributed by atoms with Crippen molar-refractivity contribution in [3.8, 4) is 0 Å².